The molecule has 2 rings (SSSR count). The summed E-state index contributed by atoms with van der Waals surface area (Å²) in [6.45, 7) is 5.12. The second kappa shape index (κ2) is 8.62. The third-order valence-corrected chi connectivity index (χ3v) is 3.62. The number of carbonyl (C=O) groups excluding carboxylic acids is 2. The topological polar surface area (TPSA) is 83.9 Å². The summed E-state index contributed by atoms with van der Waals surface area (Å²) in [6, 6.07) is 13.2. The third kappa shape index (κ3) is 4.80. The lowest BCUT2D eigenvalue weighted by molar-refractivity contribution is 0.0696. The summed E-state index contributed by atoms with van der Waals surface area (Å²) in [4.78, 5) is 36.7. The minimum absolute atomic E-state index is 0.0749. The van der Waals surface area contributed by atoms with Gasteiger partial charge in [0.2, 0.25) is 0 Å². The second-order valence-corrected chi connectivity index (χ2v) is 5.57. The Morgan fingerprint density at radius 2 is 1.77 bits per heavy atom. The number of benzene rings is 2. The first-order valence-corrected chi connectivity index (χ1v) is 7.91. The van der Waals surface area contributed by atoms with Gasteiger partial charge in [0.1, 0.15) is 6.61 Å². The summed E-state index contributed by atoms with van der Waals surface area (Å²) in [5.74, 6) is -1.49. The highest BCUT2D eigenvalue weighted by atomic mass is 16.6. The first-order chi connectivity index (χ1) is 12.4. The fourth-order valence-electron chi connectivity index (χ4n) is 2.31. The predicted molar refractivity (Wildman–Crippen MR) is 97.6 cm³/mol. The van der Waals surface area contributed by atoms with Crippen LogP contribution in [0.2, 0.25) is 0 Å². The van der Waals surface area contributed by atoms with Gasteiger partial charge in [-0.3, -0.25) is 9.69 Å². The van der Waals surface area contributed by atoms with E-state index in [0.29, 0.717) is 0 Å². The summed E-state index contributed by atoms with van der Waals surface area (Å²) >= 11 is 0. The van der Waals surface area contributed by atoms with Crippen molar-refractivity contribution in [1.82, 2.24) is 0 Å². The van der Waals surface area contributed by atoms with E-state index in [9.17, 15) is 19.5 Å². The van der Waals surface area contributed by atoms with Gasteiger partial charge in [0.25, 0.3) is 0 Å². The first kappa shape index (κ1) is 18.9. The van der Waals surface area contributed by atoms with Crippen LogP contribution in [0.4, 0.5) is 10.5 Å². The van der Waals surface area contributed by atoms with Gasteiger partial charge in [-0.25, -0.2) is 9.59 Å². The van der Waals surface area contributed by atoms with E-state index >= 15 is 0 Å². The van der Waals surface area contributed by atoms with Crippen LogP contribution in [0, 0.1) is 0 Å². The summed E-state index contributed by atoms with van der Waals surface area (Å²) in [5, 5.41) is 9.25. The highest BCUT2D eigenvalue weighted by Gasteiger charge is 2.19. The van der Waals surface area contributed by atoms with E-state index in [1.807, 2.05) is 30.3 Å². The van der Waals surface area contributed by atoms with E-state index in [-0.39, 0.29) is 35.7 Å². The Bertz CT molecular complexity index is 797. The highest BCUT2D eigenvalue weighted by Crippen LogP contribution is 2.21. The van der Waals surface area contributed by atoms with Gasteiger partial charge < -0.3 is 9.84 Å². The minimum atomic E-state index is -1.19. The van der Waals surface area contributed by atoms with Crippen LogP contribution in [0.5, 0.6) is 0 Å². The second-order valence-electron chi connectivity index (χ2n) is 5.57. The van der Waals surface area contributed by atoms with Crippen LogP contribution >= 0.6 is 0 Å². The molecule has 0 saturated heterocycles. The fourth-order valence-corrected chi connectivity index (χ4v) is 2.31. The van der Waals surface area contributed by atoms with E-state index < -0.39 is 12.1 Å². The van der Waals surface area contributed by atoms with Gasteiger partial charge in [-0.05, 0) is 30.7 Å². The number of ketones is 1. The van der Waals surface area contributed by atoms with Crippen molar-refractivity contribution in [2.24, 2.45) is 0 Å². The number of amides is 1. The van der Waals surface area contributed by atoms with Crippen molar-refractivity contribution in [3.8, 4) is 0 Å². The van der Waals surface area contributed by atoms with Gasteiger partial charge in [0, 0.05) is 17.8 Å². The molecule has 0 aliphatic heterocycles. The lowest BCUT2D eigenvalue weighted by Gasteiger charge is -2.22. The average Bonchev–Trinajstić information content (AvgIpc) is 2.64. The zero-order valence-electron chi connectivity index (χ0n) is 14.3. The van der Waals surface area contributed by atoms with Crippen molar-refractivity contribution in [3.05, 3.63) is 77.9 Å². The third-order valence-electron chi connectivity index (χ3n) is 3.62. The highest BCUT2D eigenvalue weighted by molar-refractivity contribution is 6.00. The monoisotopic (exact) mass is 353 g/mol. The molecule has 0 bridgehead atoms. The van der Waals surface area contributed by atoms with E-state index in [1.54, 1.807) is 0 Å². The van der Waals surface area contributed by atoms with Crippen LogP contribution in [0.3, 0.4) is 0 Å². The quantitative estimate of drug-likeness (QED) is 0.602. The van der Waals surface area contributed by atoms with E-state index in [1.165, 1.54) is 36.1 Å². The summed E-state index contributed by atoms with van der Waals surface area (Å²) in [7, 11) is 0. The van der Waals surface area contributed by atoms with Gasteiger partial charge in [0.15, 0.2) is 5.78 Å². The lowest BCUT2D eigenvalue weighted by atomic mass is 10.1. The van der Waals surface area contributed by atoms with Gasteiger partial charge in [0.05, 0.1) is 5.56 Å². The molecule has 1 amide bonds. The van der Waals surface area contributed by atoms with Gasteiger partial charge in [-0.15, -0.1) is 6.58 Å². The molecule has 0 aliphatic rings. The zero-order chi connectivity index (χ0) is 19.1. The van der Waals surface area contributed by atoms with Crippen molar-refractivity contribution in [3.63, 3.8) is 0 Å². The van der Waals surface area contributed by atoms with Gasteiger partial charge in [-0.1, -0.05) is 36.4 Å². The molecule has 0 atom stereocenters. The Morgan fingerprint density at radius 1 is 1.12 bits per heavy atom. The number of hydrogen-bond acceptors (Lipinski definition) is 4. The molecule has 2 aromatic carbocycles. The Morgan fingerprint density at radius 3 is 2.35 bits per heavy atom. The summed E-state index contributed by atoms with van der Waals surface area (Å²) < 4.78 is 5.30. The molecule has 0 aromatic heterocycles. The SMILES string of the molecule is C=CCN(C(=O)OCc1ccccc1)c1cc(C(C)=O)cc(C(=O)O)c1. The summed E-state index contributed by atoms with van der Waals surface area (Å²) in [5.41, 5.74) is 1.19. The fraction of sp³-hybridized carbons (Fsp3) is 0.150. The molecule has 0 radical (unpaired) electrons. The maximum absolute atomic E-state index is 12.5. The number of carbonyl (C=O) groups is 3. The normalized spacial score (nSPS) is 10.0. The Labute approximate surface area is 151 Å². The number of carboxylic acids is 1. The zero-order valence-corrected chi connectivity index (χ0v) is 14.3. The number of Topliss-reactive ketones (excluding diaryl/α,β-unsaturated/α-hetero) is 1. The van der Waals surface area contributed by atoms with E-state index in [4.69, 9.17) is 4.74 Å². The average molecular weight is 353 g/mol. The van der Waals surface area contributed by atoms with Crippen molar-refractivity contribution in [2.45, 2.75) is 13.5 Å². The summed E-state index contributed by atoms with van der Waals surface area (Å²) in [6.07, 6.45) is 0.829. The van der Waals surface area contributed by atoms with Crippen LogP contribution < -0.4 is 4.90 Å². The van der Waals surface area contributed by atoms with Crippen LogP contribution in [0.15, 0.2) is 61.2 Å². The standard InChI is InChI=1S/C20H19NO5/c1-3-9-21(20(25)26-13-15-7-5-4-6-8-15)18-11-16(14(2)22)10-17(12-18)19(23)24/h3-8,10-12H,1,9,13H2,2H3,(H,23,24). The molecule has 134 valence electrons. The van der Waals surface area contributed by atoms with E-state index in [2.05, 4.69) is 6.58 Å². The smallest absolute Gasteiger partial charge is 0.414 e. The molecule has 0 unspecified atom stereocenters. The number of carboxylic acid groups (broad SMARTS) is 1. The largest absolute Gasteiger partial charge is 0.478 e. The number of rotatable bonds is 7. The van der Waals surface area contributed by atoms with Crippen LogP contribution in [0.25, 0.3) is 0 Å². The van der Waals surface area contributed by atoms with Crippen molar-refractivity contribution >= 4 is 23.5 Å². The van der Waals surface area contributed by atoms with Gasteiger partial charge in [-0.2, -0.15) is 0 Å². The Balaban J connectivity index is 2.30. The first-order valence-electron chi connectivity index (χ1n) is 7.91. The molecule has 0 saturated carbocycles. The van der Waals surface area contributed by atoms with Crippen molar-refractivity contribution < 1.29 is 24.2 Å². The lowest BCUT2D eigenvalue weighted by Crippen LogP contribution is -2.32. The predicted octanol–water partition coefficient (Wildman–Crippen LogP) is 3.92. The molecule has 6 heteroatoms. The molecule has 2 aromatic rings. The molecule has 1 N–H and O–H groups in total. The molecule has 0 fully saturated rings. The molecule has 26 heavy (non-hydrogen) atoms. The maximum atomic E-state index is 12.5. The number of hydrogen-bond donors (Lipinski definition) is 1. The molecular weight excluding hydrogens is 334 g/mol. The Hall–Kier alpha value is -3.41. The number of ether oxygens (including phenoxy) is 1. The minimum Gasteiger partial charge on any atom is -0.478 e. The van der Waals surface area contributed by atoms with Crippen molar-refractivity contribution in [2.75, 3.05) is 11.4 Å². The molecule has 0 heterocycles. The van der Waals surface area contributed by atoms with Gasteiger partial charge >= 0.3 is 12.1 Å². The van der Waals surface area contributed by atoms with Crippen LogP contribution in [0.1, 0.15) is 33.2 Å². The molecular formula is C20H19NO5. The molecule has 0 spiro atoms. The molecule has 0 aliphatic carbocycles. The molecule has 6 nitrogen and oxygen atoms in total. The number of anilines is 1. The van der Waals surface area contributed by atoms with E-state index in [0.717, 1.165) is 5.56 Å². The number of nitrogens with zero attached hydrogens (tertiary/aromatic N) is 1. The van der Waals surface area contributed by atoms with Crippen LogP contribution in [-0.4, -0.2) is 29.5 Å². The van der Waals surface area contributed by atoms with Crippen LogP contribution in [-0.2, 0) is 11.3 Å². The Kier molecular flexibility index (Phi) is 6.27. The number of aromatic carboxylic acids is 1. The maximum Gasteiger partial charge on any atom is 0.414 e. The van der Waals surface area contributed by atoms with Crippen molar-refractivity contribution in [1.29, 1.82) is 0 Å².